The Kier molecular flexibility index (Phi) is 6.83. The summed E-state index contributed by atoms with van der Waals surface area (Å²) < 4.78 is 15.8. The van der Waals surface area contributed by atoms with Crippen molar-refractivity contribution in [2.75, 3.05) is 0 Å². The largest absolute Gasteiger partial charge is 0.454 e. The maximum absolute atomic E-state index is 6.90. The predicted molar refractivity (Wildman–Crippen MR) is 230 cm³/mol. The minimum atomic E-state index is 0.572. The maximum Gasteiger partial charge on any atom is 0.164 e. The van der Waals surface area contributed by atoms with Crippen LogP contribution in [0.2, 0.25) is 0 Å². The second kappa shape index (κ2) is 12.3. The van der Waals surface area contributed by atoms with Crippen LogP contribution in [0.25, 0.3) is 117 Å². The number of hydrogen-bond donors (Lipinski definition) is 0. The topological polar surface area (TPSA) is 69.9 Å². The molecule has 0 atom stereocenters. The van der Waals surface area contributed by atoms with Gasteiger partial charge in [0, 0.05) is 49.0 Å². The summed E-state index contributed by atoms with van der Waals surface area (Å²) in [5.74, 6) is 1.79. The van der Waals surface area contributed by atoms with Crippen molar-refractivity contribution in [3.8, 4) is 51.0 Å². The van der Waals surface area contributed by atoms with Gasteiger partial charge in [-0.05, 0) is 47.5 Å². The van der Waals surface area contributed by atoms with Crippen molar-refractivity contribution < 1.29 is 8.83 Å². The average molecular weight is 731 g/mol. The number of rotatable bonds is 5. The Morgan fingerprint density at radius 2 is 0.842 bits per heavy atom. The number of aromatic nitrogens is 4. The molecule has 0 aliphatic rings. The minimum Gasteiger partial charge on any atom is -0.454 e. The highest BCUT2D eigenvalue weighted by Gasteiger charge is 2.22. The fourth-order valence-corrected chi connectivity index (χ4v) is 8.37. The maximum atomic E-state index is 6.90. The van der Waals surface area contributed by atoms with Gasteiger partial charge in [-0.2, -0.15) is 0 Å². The highest BCUT2D eigenvalue weighted by molar-refractivity contribution is 6.22. The SMILES string of the molecule is c1ccc(-c2ccc(-c3nc(-c4ccccc4)nc(-c4ccc5c(c4)oc4c(-n6c7ccccc7c7ccc8c9ccccc9oc8c76)cccc45)n3)cc2)cc1. The Labute approximate surface area is 325 Å². The molecule has 0 bridgehead atoms. The minimum absolute atomic E-state index is 0.572. The van der Waals surface area contributed by atoms with Gasteiger partial charge >= 0.3 is 0 Å². The molecule has 0 aliphatic heterocycles. The van der Waals surface area contributed by atoms with Crippen molar-refractivity contribution in [1.82, 2.24) is 19.5 Å². The second-order valence-corrected chi connectivity index (χ2v) is 14.4. The van der Waals surface area contributed by atoms with Crippen LogP contribution in [-0.4, -0.2) is 19.5 Å². The summed E-state index contributed by atoms with van der Waals surface area (Å²) in [5, 5.41) is 6.50. The normalized spacial score (nSPS) is 11.9. The van der Waals surface area contributed by atoms with Crippen molar-refractivity contribution in [3.05, 3.63) is 182 Å². The molecule has 12 rings (SSSR count). The van der Waals surface area contributed by atoms with Gasteiger partial charge in [-0.3, -0.25) is 0 Å². The number of furan rings is 2. The van der Waals surface area contributed by atoms with Gasteiger partial charge in [0.15, 0.2) is 28.6 Å². The molecule has 57 heavy (non-hydrogen) atoms. The quantitative estimate of drug-likeness (QED) is 0.176. The van der Waals surface area contributed by atoms with E-state index in [0.29, 0.717) is 17.5 Å². The molecule has 0 radical (unpaired) electrons. The van der Waals surface area contributed by atoms with Crippen LogP contribution < -0.4 is 0 Å². The Morgan fingerprint density at radius 3 is 1.63 bits per heavy atom. The van der Waals surface area contributed by atoms with Gasteiger partial charge in [-0.15, -0.1) is 0 Å². The Balaban J connectivity index is 1.04. The molecule has 4 aromatic heterocycles. The molecular weight excluding hydrogens is 701 g/mol. The first-order valence-electron chi connectivity index (χ1n) is 19.0. The van der Waals surface area contributed by atoms with Gasteiger partial charge in [0.1, 0.15) is 11.2 Å². The molecule has 0 saturated carbocycles. The van der Waals surface area contributed by atoms with Gasteiger partial charge in [-0.1, -0.05) is 146 Å². The molecule has 0 spiro atoms. The van der Waals surface area contributed by atoms with Crippen molar-refractivity contribution >= 4 is 65.7 Å². The monoisotopic (exact) mass is 730 g/mol. The molecule has 266 valence electrons. The van der Waals surface area contributed by atoms with Crippen molar-refractivity contribution in [1.29, 1.82) is 0 Å². The number of fused-ring (bicyclic) bond motifs is 10. The van der Waals surface area contributed by atoms with Gasteiger partial charge in [0.25, 0.3) is 0 Å². The van der Waals surface area contributed by atoms with Crippen LogP contribution in [0.1, 0.15) is 0 Å². The lowest BCUT2D eigenvalue weighted by Crippen LogP contribution is -2.00. The predicted octanol–water partition coefficient (Wildman–Crippen LogP) is 13.4. The smallest absolute Gasteiger partial charge is 0.164 e. The summed E-state index contributed by atoms with van der Waals surface area (Å²) in [6.07, 6.45) is 0. The summed E-state index contributed by atoms with van der Waals surface area (Å²) in [7, 11) is 0. The lowest BCUT2D eigenvalue weighted by atomic mass is 10.0. The van der Waals surface area contributed by atoms with Gasteiger partial charge in [0.05, 0.1) is 16.7 Å². The molecule has 6 nitrogen and oxygen atoms in total. The van der Waals surface area contributed by atoms with E-state index in [0.717, 1.165) is 99.2 Å². The van der Waals surface area contributed by atoms with E-state index in [-0.39, 0.29) is 0 Å². The summed E-state index contributed by atoms with van der Waals surface area (Å²) in [6, 6.07) is 62.6. The first-order valence-corrected chi connectivity index (χ1v) is 19.0. The van der Waals surface area contributed by atoms with E-state index in [1.807, 2.05) is 48.5 Å². The molecular formula is C51H30N4O2. The van der Waals surface area contributed by atoms with E-state index >= 15 is 0 Å². The standard InChI is InChI=1S/C51H30N4O2/c1-3-12-31(13-4-1)32-22-24-34(25-23-32)50-52-49(33-14-5-2-6-15-33)53-51(54-50)35-26-27-38-40-18-11-20-43(47(40)57-45(38)30-35)55-42-19-9-7-16-36(42)39-28-29-41-37-17-8-10-21-44(37)56-48(41)46(39)55/h1-30H. The lowest BCUT2D eigenvalue weighted by Gasteiger charge is -2.09. The molecule has 0 N–H and O–H groups in total. The molecule has 0 amide bonds. The van der Waals surface area contributed by atoms with Gasteiger partial charge in [0.2, 0.25) is 0 Å². The number of para-hydroxylation sites is 3. The molecule has 0 unspecified atom stereocenters. The van der Waals surface area contributed by atoms with E-state index in [9.17, 15) is 0 Å². The average Bonchev–Trinajstić information content (AvgIpc) is 3.96. The lowest BCUT2D eigenvalue weighted by molar-refractivity contribution is 0.665. The van der Waals surface area contributed by atoms with Gasteiger partial charge < -0.3 is 13.4 Å². The molecule has 0 fully saturated rings. The zero-order valence-corrected chi connectivity index (χ0v) is 30.4. The molecule has 0 saturated heterocycles. The molecule has 8 aromatic carbocycles. The van der Waals surface area contributed by atoms with Crippen molar-refractivity contribution in [3.63, 3.8) is 0 Å². The number of nitrogens with zero attached hydrogens (tertiary/aromatic N) is 4. The molecule has 12 aromatic rings. The highest BCUT2D eigenvalue weighted by atomic mass is 16.3. The molecule has 6 heteroatoms. The van der Waals surface area contributed by atoms with Crippen LogP contribution in [0.3, 0.4) is 0 Å². The summed E-state index contributed by atoms with van der Waals surface area (Å²) in [6.45, 7) is 0. The number of hydrogen-bond acceptors (Lipinski definition) is 5. The Hall–Kier alpha value is -7.83. The first kappa shape index (κ1) is 31.5. The second-order valence-electron chi connectivity index (χ2n) is 14.4. The van der Waals surface area contributed by atoms with Crippen LogP contribution in [-0.2, 0) is 0 Å². The Morgan fingerprint density at radius 1 is 0.333 bits per heavy atom. The van der Waals surface area contributed by atoms with Crippen molar-refractivity contribution in [2.45, 2.75) is 0 Å². The fourth-order valence-electron chi connectivity index (χ4n) is 8.37. The third-order valence-corrected chi connectivity index (χ3v) is 11.1. The summed E-state index contributed by atoms with van der Waals surface area (Å²) >= 11 is 0. The summed E-state index contributed by atoms with van der Waals surface area (Å²) in [5.41, 5.74) is 11.3. The van der Waals surface area contributed by atoms with E-state index in [1.165, 1.54) is 0 Å². The zero-order valence-electron chi connectivity index (χ0n) is 30.4. The number of benzene rings is 8. The molecule has 0 aliphatic carbocycles. The first-order chi connectivity index (χ1) is 28.2. The van der Waals surface area contributed by atoms with Gasteiger partial charge in [-0.25, -0.2) is 15.0 Å². The van der Waals surface area contributed by atoms with E-state index in [4.69, 9.17) is 23.8 Å². The fraction of sp³-hybridized carbons (Fsp3) is 0. The third kappa shape index (κ3) is 4.94. The highest BCUT2D eigenvalue weighted by Crippen LogP contribution is 2.43. The van der Waals surface area contributed by atoms with Crippen LogP contribution in [0.4, 0.5) is 0 Å². The van der Waals surface area contributed by atoms with Crippen LogP contribution in [0, 0.1) is 0 Å². The Bertz CT molecular complexity index is 3510. The van der Waals surface area contributed by atoms with E-state index in [1.54, 1.807) is 0 Å². The van der Waals surface area contributed by atoms with Crippen LogP contribution in [0.15, 0.2) is 191 Å². The zero-order chi connectivity index (χ0) is 37.5. The van der Waals surface area contributed by atoms with Crippen LogP contribution >= 0.6 is 0 Å². The summed E-state index contributed by atoms with van der Waals surface area (Å²) in [4.78, 5) is 15.0. The van der Waals surface area contributed by atoms with Crippen molar-refractivity contribution in [2.24, 2.45) is 0 Å². The van der Waals surface area contributed by atoms with Crippen LogP contribution in [0.5, 0.6) is 0 Å². The third-order valence-electron chi connectivity index (χ3n) is 11.1. The van der Waals surface area contributed by atoms with E-state index in [2.05, 4.69) is 138 Å². The van der Waals surface area contributed by atoms with E-state index < -0.39 is 0 Å². The molecule has 4 heterocycles.